The first-order chi connectivity index (χ1) is 8.99. The number of nitrogens with one attached hydrogen (secondary N) is 3. The zero-order valence-electron chi connectivity index (χ0n) is 10.9. The van der Waals surface area contributed by atoms with Crippen molar-refractivity contribution in [2.75, 3.05) is 6.54 Å². The summed E-state index contributed by atoms with van der Waals surface area (Å²) in [5.74, 6) is -1.14. The number of hydrogen-bond acceptors (Lipinski definition) is 4. The van der Waals surface area contributed by atoms with Crippen LogP contribution in [0.25, 0.3) is 0 Å². The fraction of sp³-hybridized carbons (Fsp3) is 0.462. The van der Waals surface area contributed by atoms with Crippen molar-refractivity contribution in [3.8, 4) is 5.75 Å². The summed E-state index contributed by atoms with van der Waals surface area (Å²) in [4.78, 5) is 11.9. The van der Waals surface area contributed by atoms with E-state index in [1.807, 2.05) is 13.8 Å². The van der Waals surface area contributed by atoms with Crippen LogP contribution < -0.4 is 16.2 Å². The summed E-state index contributed by atoms with van der Waals surface area (Å²) >= 11 is 0. The van der Waals surface area contributed by atoms with Gasteiger partial charge in [-0.05, 0) is 26.0 Å². The summed E-state index contributed by atoms with van der Waals surface area (Å²) in [5, 5.41) is 11.8. The zero-order chi connectivity index (χ0) is 14.0. The Morgan fingerprint density at radius 2 is 2.00 bits per heavy atom. The fourth-order valence-electron chi connectivity index (χ4n) is 2.26. The van der Waals surface area contributed by atoms with Crippen LogP contribution >= 0.6 is 0 Å². The van der Waals surface area contributed by atoms with Crippen molar-refractivity contribution in [2.45, 2.75) is 25.9 Å². The molecule has 1 aromatic carbocycles. The molecule has 0 saturated carbocycles. The SMILES string of the molecule is CC1NNC(C)C1CNC(=O)c1ccc(O)cc1F. The van der Waals surface area contributed by atoms with Crippen LogP contribution in [0.15, 0.2) is 18.2 Å². The van der Waals surface area contributed by atoms with Crippen molar-refractivity contribution < 1.29 is 14.3 Å². The highest BCUT2D eigenvalue weighted by Crippen LogP contribution is 2.16. The molecule has 1 aromatic rings. The number of phenolic OH excluding ortho intramolecular Hbond substituents is 1. The van der Waals surface area contributed by atoms with Gasteiger partial charge in [0.1, 0.15) is 11.6 Å². The van der Waals surface area contributed by atoms with Gasteiger partial charge in [0.05, 0.1) is 5.56 Å². The molecular formula is C13H18FN3O2. The Balaban J connectivity index is 1.98. The van der Waals surface area contributed by atoms with Gasteiger partial charge in [0, 0.05) is 30.6 Å². The highest BCUT2D eigenvalue weighted by atomic mass is 19.1. The number of benzene rings is 1. The van der Waals surface area contributed by atoms with Crippen LogP contribution in [0, 0.1) is 11.7 Å². The van der Waals surface area contributed by atoms with Crippen molar-refractivity contribution in [3.05, 3.63) is 29.6 Å². The molecule has 19 heavy (non-hydrogen) atoms. The van der Waals surface area contributed by atoms with Gasteiger partial charge < -0.3 is 10.4 Å². The first kappa shape index (κ1) is 13.8. The molecular weight excluding hydrogens is 249 g/mol. The Labute approximate surface area is 111 Å². The quantitative estimate of drug-likeness (QED) is 0.652. The Bertz CT molecular complexity index is 471. The van der Waals surface area contributed by atoms with E-state index in [9.17, 15) is 9.18 Å². The predicted molar refractivity (Wildman–Crippen MR) is 69.1 cm³/mol. The van der Waals surface area contributed by atoms with E-state index >= 15 is 0 Å². The smallest absolute Gasteiger partial charge is 0.254 e. The van der Waals surface area contributed by atoms with Gasteiger partial charge in [-0.2, -0.15) is 0 Å². The number of hydrogen-bond donors (Lipinski definition) is 4. The van der Waals surface area contributed by atoms with E-state index in [2.05, 4.69) is 16.2 Å². The predicted octanol–water partition coefficient (Wildman–Crippen LogP) is 0.762. The molecule has 1 heterocycles. The van der Waals surface area contributed by atoms with Crippen LogP contribution in [0.2, 0.25) is 0 Å². The average molecular weight is 267 g/mol. The largest absolute Gasteiger partial charge is 0.508 e. The van der Waals surface area contributed by atoms with Gasteiger partial charge >= 0.3 is 0 Å². The molecule has 0 aliphatic carbocycles. The molecule has 104 valence electrons. The highest BCUT2D eigenvalue weighted by Gasteiger charge is 2.30. The number of phenols is 1. The molecule has 6 heteroatoms. The van der Waals surface area contributed by atoms with Crippen molar-refractivity contribution in [1.82, 2.24) is 16.2 Å². The Hall–Kier alpha value is -1.66. The summed E-state index contributed by atoms with van der Waals surface area (Å²) in [6.45, 7) is 4.50. The highest BCUT2D eigenvalue weighted by molar-refractivity contribution is 5.94. The Morgan fingerprint density at radius 1 is 1.37 bits per heavy atom. The second-order valence-corrected chi connectivity index (χ2v) is 4.90. The van der Waals surface area contributed by atoms with Gasteiger partial charge in [0.15, 0.2) is 0 Å². The number of halogens is 1. The maximum absolute atomic E-state index is 13.5. The number of carbonyl (C=O) groups is 1. The van der Waals surface area contributed by atoms with Crippen molar-refractivity contribution >= 4 is 5.91 Å². The lowest BCUT2D eigenvalue weighted by molar-refractivity contribution is 0.0941. The van der Waals surface area contributed by atoms with Crippen LogP contribution in [0.3, 0.4) is 0 Å². The third kappa shape index (κ3) is 3.02. The number of amides is 1. The molecule has 5 nitrogen and oxygen atoms in total. The molecule has 1 amide bonds. The molecule has 0 radical (unpaired) electrons. The van der Waals surface area contributed by atoms with Crippen molar-refractivity contribution in [3.63, 3.8) is 0 Å². The third-order valence-electron chi connectivity index (χ3n) is 3.52. The summed E-state index contributed by atoms with van der Waals surface area (Å²) in [5.41, 5.74) is 6.13. The van der Waals surface area contributed by atoms with E-state index in [0.717, 1.165) is 6.07 Å². The lowest BCUT2D eigenvalue weighted by Gasteiger charge is -2.18. The second kappa shape index (κ2) is 5.54. The van der Waals surface area contributed by atoms with E-state index in [4.69, 9.17) is 5.11 Å². The maximum Gasteiger partial charge on any atom is 0.254 e. The number of carbonyl (C=O) groups excluding carboxylic acids is 1. The van der Waals surface area contributed by atoms with Gasteiger partial charge in [-0.15, -0.1) is 0 Å². The molecule has 2 atom stereocenters. The monoisotopic (exact) mass is 267 g/mol. The van der Waals surface area contributed by atoms with Gasteiger partial charge in [-0.25, -0.2) is 4.39 Å². The van der Waals surface area contributed by atoms with Crippen LogP contribution in [-0.4, -0.2) is 29.6 Å². The normalized spacial score (nSPS) is 26.4. The summed E-state index contributed by atoms with van der Waals surface area (Å²) in [6.07, 6.45) is 0. The topological polar surface area (TPSA) is 73.4 Å². The third-order valence-corrected chi connectivity index (χ3v) is 3.52. The summed E-state index contributed by atoms with van der Waals surface area (Å²) < 4.78 is 13.5. The van der Waals surface area contributed by atoms with Crippen molar-refractivity contribution in [1.29, 1.82) is 0 Å². The molecule has 2 unspecified atom stereocenters. The molecule has 2 rings (SSSR count). The molecule has 1 aliphatic heterocycles. The summed E-state index contributed by atoms with van der Waals surface area (Å²) in [7, 11) is 0. The van der Waals surface area contributed by atoms with E-state index in [0.29, 0.717) is 6.54 Å². The van der Waals surface area contributed by atoms with E-state index in [-0.39, 0.29) is 29.3 Å². The minimum atomic E-state index is -0.721. The molecule has 0 spiro atoms. The first-order valence-electron chi connectivity index (χ1n) is 6.27. The molecule has 0 bridgehead atoms. The van der Waals surface area contributed by atoms with E-state index in [1.54, 1.807) is 0 Å². The minimum absolute atomic E-state index is 0.0583. The number of hydrazine groups is 1. The number of rotatable bonds is 3. The Kier molecular flexibility index (Phi) is 4.01. The second-order valence-electron chi connectivity index (χ2n) is 4.90. The standard InChI is InChI=1S/C13H18FN3O2/c1-7-11(8(2)17-16-7)6-15-13(19)10-4-3-9(18)5-12(10)14/h3-5,7-8,11,16-18H,6H2,1-2H3,(H,15,19). The van der Waals surface area contributed by atoms with Crippen molar-refractivity contribution in [2.24, 2.45) is 5.92 Å². The van der Waals surface area contributed by atoms with Gasteiger partial charge in [0.2, 0.25) is 0 Å². The lowest BCUT2D eigenvalue weighted by Crippen LogP contribution is -2.37. The maximum atomic E-state index is 13.5. The minimum Gasteiger partial charge on any atom is -0.508 e. The van der Waals surface area contributed by atoms with Crippen LogP contribution in [-0.2, 0) is 0 Å². The molecule has 1 fully saturated rings. The Morgan fingerprint density at radius 3 is 2.58 bits per heavy atom. The average Bonchev–Trinajstić information content (AvgIpc) is 2.66. The van der Waals surface area contributed by atoms with Gasteiger partial charge in [0.25, 0.3) is 5.91 Å². The van der Waals surface area contributed by atoms with E-state index < -0.39 is 11.7 Å². The lowest BCUT2D eigenvalue weighted by atomic mass is 9.96. The van der Waals surface area contributed by atoms with Crippen LogP contribution in [0.1, 0.15) is 24.2 Å². The first-order valence-corrected chi connectivity index (χ1v) is 6.27. The molecule has 4 N–H and O–H groups in total. The zero-order valence-corrected chi connectivity index (χ0v) is 10.9. The van der Waals surface area contributed by atoms with Crippen LogP contribution in [0.5, 0.6) is 5.75 Å². The number of aromatic hydroxyl groups is 1. The van der Waals surface area contributed by atoms with Gasteiger partial charge in [-0.3, -0.25) is 15.6 Å². The fourth-order valence-corrected chi connectivity index (χ4v) is 2.26. The molecule has 0 aromatic heterocycles. The summed E-state index contributed by atoms with van der Waals surface area (Å²) in [6, 6.07) is 3.97. The molecule has 1 saturated heterocycles. The van der Waals surface area contributed by atoms with Crippen LogP contribution in [0.4, 0.5) is 4.39 Å². The van der Waals surface area contributed by atoms with E-state index in [1.165, 1.54) is 12.1 Å². The van der Waals surface area contributed by atoms with Gasteiger partial charge in [-0.1, -0.05) is 0 Å². The molecule has 1 aliphatic rings.